The zero-order valence-corrected chi connectivity index (χ0v) is 13.5. The molecular formula is C14H18BrClFNO. The number of ether oxygens (including phenoxy) is 1. The molecule has 1 unspecified atom stereocenters. The van der Waals surface area contributed by atoms with Gasteiger partial charge in [-0.2, -0.15) is 0 Å². The van der Waals surface area contributed by atoms with Crippen molar-refractivity contribution in [3.8, 4) is 0 Å². The second-order valence-electron chi connectivity index (χ2n) is 5.54. The molecule has 1 atom stereocenters. The molecule has 1 aromatic rings. The average Bonchev–Trinajstić information content (AvgIpc) is 2.33. The van der Waals surface area contributed by atoms with Gasteiger partial charge in [0.2, 0.25) is 0 Å². The van der Waals surface area contributed by atoms with Crippen molar-refractivity contribution in [1.82, 2.24) is 4.90 Å². The summed E-state index contributed by atoms with van der Waals surface area (Å²) in [5.41, 5.74) is 0.421. The average molecular weight is 351 g/mol. The fourth-order valence-electron chi connectivity index (χ4n) is 2.53. The van der Waals surface area contributed by atoms with Gasteiger partial charge in [0.05, 0.1) is 16.7 Å². The number of hydrogen-bond donors (Lipinski definition) is 0. The molecule has 1 aliphatic rings. The molecule has 1 aromatic carbocycles. The third kappa shape index (κ3) is 3.91. The molecule has 0 saturated carbocycles. The first-order valence-electron chi connectivity index (χ1n) is 6.30. The minimum atomic E-state index is -0.316. The van der Waals surface area contributed by atoms with Crippen LogP contribution in [0.1, 0.15) is 19.4 Å². The van der Waals surface area contributed by atoms with Crippen molar-refractivity contribution in [3.63, 3.8) is 0 Å². The van der Waals surface area contributed by atoms with Crippen molar-refractivity contribution in [2.45, 2.75) is 32.1 Å². The summed E-state index contributed by atoms with van der Waals surface area (Å²) >= 11 is 9.27. The monoisotopic (exact) mass is 349 g/mol. The van der Waals surface area contributed by atoms with Crippen LogP contribution in [0, 0.1) is 5.82 Å². The molecule has 0 aromatic heterocycles. The van der Waals surface area contributed by atoms with E-state index < -0.39 is 0 Å². The minimum absolute atomic E-state index is 0.131. The van der Waals surface area contributed by atoms with Crippen molar-refractivity contribution in [3.05, 3.63) is 34.6 Å². The fraction of sp³-hybridized carbons (Fsp3) is 0.571. The van der Waals surface area contributed by atoms with E-state index in [0.29, 0.717) is 12.1 Å². The lowest BCUT2D eigenvalue weighted by atomic mass is 10.0. The first-order valence-corrected chi connectivity index (χ1v) is 7.80. The predicted molar refractivity (Wildman–Crippen MR) is 79.4 cm³/mol. The number of hydrogen-bond acceptors (Lipinski definition) is 2. The summed E-state index contributed by atoms with van der Waals surface area (Å²) in [7, 11) is 0. The molecule has 0 radical (unpaired) electrons. The molecule has 5 heteroatoms. The lowest BCUT2D eigenvalue weighted by Gasteiger charge is -2.42. The summed E-state index contributed by atoms with van der Waals surface area (Å²) in [5, 5.41) is 0.965. The van der Waals surface area contributed by atoms with E-state index in [9.17, 15) is 4.39 Å². The van der Waals surface area contributed by atoms with Crippen molar-refractivity contribution in [1.29, 1.82) is 0 Å². The number of benzene rings is 1. The predicted octanol–water partition coefficient (Wildman–Crippen LogP) is 3.85. The number of rotatable bonds is 3. The Morgan fingerprint density at radius 3 is 2.95 bits per heavy atom. The first-order chi connectivity index (χ1) is 8.91. The lowest BCUT2D eigenvalue weighted by molar-refractivity contribution is -0.128. The maximum atomic E-state index is 13.9. The summed E-state index contributed by atoms with van der Waals surface area (Å²) in [6, 6.07) is 5.14. The van der Waals surface area contributed by atoms with Gasteiger partial charge in [0.25, 0.3) is 0 Å². The van der Waals surface area contributed by atoms with Crippen molar-refractivity contribution < 1.29 is 9.13 Å². The standard InChI is InChI=1S/C14H18BrClFNO/c1-14(2)9-18(8-11(6-15)19-14)7-10-4-3-5-12(16)13(10)17/h3-5,11H,6-9H2,1-2H3. The molecule has 0 N–H and O–H groups in total. The Morgan fingerprint density at radius 1 is 1.53 bits per heavy atom. The van der Waals surface area contributed by atoms with E-state index >= 15 is 0 Å². The van der Waals surface area contributed by atoms with Gasteiger partial charge in [0.15, 0.2) is 0 Å². The van der Waals surface area contributed by atoms with Crippen LogP contribution in [0.4, 0.5) is 4.39 Å². The quantitative estimate of drug-likeness (QED) is 0.768. The highest BCUT2D eigenvalue weighted by atomic mass is 79.9. The van der Waals surface area contributed by atoms with Crippen molar-refractivity contribution >= 4 is 27.5 Å². The van der Waals surface area contributed by atoms with Crippen molar-refractivity contribution in [2.24, 2.45) is 0 Å². The molecule has 0 bridgehead atoms. The molecule has 106 valence electrons. The summed E-state index contributed by atoms with van der Waals surface area (Å²) < 4.78 is 19.9. The van der Waals surface area contributed by atoms with Crippen LogP contribution in [-0.4, -0.2) is 35.0 Å². The summed E-state index contributed by atoms with van der Waals surface area (Å²) in [6.07, 6.45) is 0.131. The van der Waals surface area contributed by atoms with E-state index in [1.807, 2.05) is 0 Å². The topological polar surface area (TPSA) is 12.5 Å². The van der Waals surface area contributed by atoms with Gasteiger partial charge in [-0.25, -0.2) is 4.39 Å². The molecule has 1 heterocycles. The number of halogens is 3. The molecule has 2 rings (SSSR count). The van der Waals surface area contributed by atoms with Gasteiger partial charge in [0, 0.05) is 30.5 Å². The molecule has 0 amide bonds. The lowest BCUT2D eigenvalue weighted by Crippen LogP contribution is -2.52. The van der Waals surface area contributed by atoms with Gasteiger partial charge in [-0.05, 0) is 19.9 Å². The summed E-state index contributed by atoms with van der Waals surface area (Å²) in [6.45, 7) is 6.25. The first kappa shape index (κ1) is 15.2. The van der Waals surface area contributed by atoms with Gasteiger partial charge in [-0.15, -0.1) is 0 Å². The SMILES string of the molecule is CC1(C)CN(Cc2cccc(Cl)c2F)CC(CBr)O1. The van der Waals surface area contributed by atoms with Crippen LogP contribution in [0.25, 0.3) is 0 Å². The van der Waals surface area contributed by atoms with Gasteiger partial charge in [0.1, 0.15) is 5.82 Å². The van der Waals surface area contributed by atoms with Gasteiger partial charge < -0.3 is 4.74 Å². The normalized spacial score (nSPS) is 23.5. The van der Waals surface area contributed by atoms with E-state index in [2.05, 4.69) is 34.7 Å². The van der Waals surface area contributed by atoms with E-state index in [1.165, 1.54) is 0 Å². The van der Waals surface area contributed by atoms with E-state index in [4.69, 9.17) is 16.3 Å². The largest absolute Gasteiger partial charge is 0.369 e. The molecule has 1 aliphatic heterocycles. The number of morpholine rings is 1. The number of nitrogens with zero attached hydrogens (tertiary/aromatic N) is 1. The van der Waals surface area contributed by atoms with Gasteiger partial charge in [-0.1, -0.05) is 39.7 Å². The Hall–Kier alpha value is -0.160. The fourth-order valence-corrected chi connectivity index (χ4v) is 3.06. The van der Waals surface area contributed by atoms with Crippen LogP contribution in [0.2, 0.25) is 5.02 Å². The van der Waals surface area contributed by atoms with Gasteiger partial charge >= 0.3 is 0 Å². The van der Waals surface area contributed by atoms with Crippen molar-refractivity contribution in [2.75, 3.05) is 18.4 Å². The highest BCUT2D eigenvalue weighted by Gasteiger charge is 2.33. The van der Waals surface area contributed by atoms with E-state index in [0.717, 1.165) is 18.4 Å². The Bertz CT molecular complexity index is 455. The van der Waals surface area contributed by atoms with Crippen LogP contribution >= 0.6 is 27.5 Å². The van der Waals surface area contributed by atoms with E-state index in [-0.39, 0.29) is 22.5 Å². The Labute approximate surface area is 127 Å². The molecule has 19 heavy (non-hydrogen) atoms. The highest BCUT2D eigenvalue weighted by molar-refractivity contribution is 9.09. The highest BCUT2D eigenvalue weighted by Crippen LogP contribution is 2.25. The third-order valence-corrected chi connectivity index (χ3v) is 4.16. The Balaban J connectivity index is 2.11. The maximum Gasteiger partial charge on any atom is 0.146 e. The second-order valence-corrected chi connectivity index (χ2v) is 6.59. The van der Waals surface area contributed by atoms with Crippen LogP contribution < -0.4 is 0 Å². The van der Waals surface area contributed by atoms with Crippen LogP contribution in [0.5, 0.6) is 0 Å². The Morgan fingerprint density at radius 2 is 2.26 bits per heavy atom. The Kier molecular flexibility index (Phi) is 4.88. The third-order valence-electron chi connectivity index (χ3n) is 3.15. The smallest absolute Gasteiger partial charge is 0.146 e. The van der Waals surface area contributed by atoms with Crippen LogP contribution in [-0.2, 0) is 11.3 Å². The van der Waals surface area contributed by atoms with E-state index in [1.54, 1.807) is 18.2 Å². The zero-order chi connectivity index (χ0) is 14.0. The second kappa shape index (κ2) is 6.08. The zero-order valence-electron chi connectivity index (χ0n) is 11.1. The molecule has 2 nitrogen and oxygen atoms in total. The summed E-state index contributed by atoms with van der Waals surface area (Å²) in [5.74, 6) is -0.316. The van der Waals surface area contributed by atoms with Gasteiger partial charge in [-0.3, -0.25) is 4.90 Å². The number of alkyl halides is 1. The van der Waals surface area contributed by atoms with Crippen LogP contribution in [0.3, 0.4) is 0 Å². The maximum absolute atomic E-state index is 13.9. The molecule has 0 aliphatic carbocycles. The molecule has 1 saturated heterocycles. The summed E-state index contributed by atoms with van der Waals surface area (Å²) in [4.78, 5) is 2.21. The minimum Gasteiger partial charge on any atom is -0.369 e. The molecule has 1 fully saturated rings. The molecular weight excluding hydrogens is 333 g/mol. The molecule has 0 spiro atoms. The van der Waals surface area contributed by atoms with Crippen LogP contribution in [0.15, 0.2) is 18.2 Å².